The van der Waals surface area contributed by atoms with Crippen LogP contribution in [-0.4, -0.2) is 11.0 Å². The van der Waals surface area contributed by atoms with Crippen molar-refractivity contribution in [2.45, 2.75) is 18.7 Å². The molecule has 1 aliphatic heterocycles. The lowest BCUT2D eigenvalue weighted by molar-refractivity contribution is -0.131. The molecule has 1 atom stereocenters. The number of hydrogen-bond acceptors (Lipinski definition) is 5. The Labute approximate surface area is 133 Å². The molecule has 0 aliphatic carbocycles. The van der Waals surface area contributed by atoms with Crippen molar-refractivity contribution in [2.24, 2.45) is 5.10 Å². The lowest BCUT2D eigenvalue weighted by Gasteiger charge is -2.23. The van der Waals surface area contributed by atoms with Crippen LogP contribution in [0.1, 0.15) is 25.0 Å². The smallest absolute Gasteiger partial charge is 0.308 e. The Bertz CT molecular complexity index is 713. The lowest BCUT2D eigenvalue weighted by Crippen LogP contribution is -2.28. The zero-order chi connectivity index (χ0) is 15.6. The first kappa shape index (κ1) is 14.7. The van der Waals surface area contributed by atoms with Crippen molar-refractivity contribution in [3.63, 3.8) is 0 Å². The van der Waals surface area contributed by atoms with Crippen LogP contribution >= 0.6 is 11.8 Å². The third-order valence-electron chi connectivity index (χ3n) is 3.36. The van der Waals surface area contributed by atoms with E-state index in [0.717, 1.165) is 16.2 Å². The van der Waals surface area contributed by atoms with Crippen LogP contribution in [0.15, 0.2) is 59.7 Å². The van der Waals surface area contributed by atoms with Gasteiger partial charge in [-0.2, -0.15) is 5.10 Å². The van der Waals surface area contributed by atoms with Crippen molar-refractivity contribution in [1.29, 1.82) is 0 Å². The van der Waals surface area contributed by atoms with Crippen LogP contribution in [0.5, 0.6) is 5.75 Å². The largest absolute Gasteiger partial charge is 0.427 e. The number of nitrogens with zero attached hydrogens (tertiary/aromatic N) is 1. The zero-order valence-corrected chi connectivity index (χ0v) is 13.2. The van der Waals surface area contributed by atoms with E-state index in [1.807, 2.05) is 42.5 Å². The molecule has 0 radical (unpaired) electrons. The predicted octanol–water partition coefficient (Wildman–Crippen LogP) is 3.48. The van der Waals surface area contributed by atoms with Crippen molar-refractivity contribution >= 4 is 22.8 Å². The average Bonchev–Trinajstić information content (AvgIpc) is 2.92. The van der Waals surface area contributed by atoms with Gasteiger partial charge in [0.1, 0.15) is 15.7 Å². The fourth-order valence-electron chi connectivity index (χ4n) is 2.23. The second-order valence-electron chi connectivity index (χ2n) is 5.15. The first-order valence-electron chi connectivity index (χ1n) is 6.95. The van der Waals surface area contributed by atoms with Crippen molar-refractivity contribution in [1.82, 2.24) is 5.43 Å². The molecule has 2 aromatic carbocycles. The van der Waals surface area contributed by atoms with Gasteiger partial charge in [0.15, 0.2) is 0 Å². The summed E-state index contributed by atoms with van der Waals surface area (Å²) in [5.74, 6) is 0.231. The van der Waals surface area contributed by atoms with Crippen LogP contribution < -0.4 is 10.2 Å². The molecule has 0 aromatic heterocycles. The maximum Gasteiger partial charge on any atom is 0.308 e. The van der Waals surface area contributed by atoms with Crippen LogP contribution in [-0.2, 0) is 9.67 Å². The maximum absolute atomic E-state index is 11.0. The van der Waals surface area contributed by atoms with Crippen LogP contribution in [0.4, 0.5) is 0 Å². The van der Waals surface area contributed by atoms with Crippen molar-refractivity contribution in [3.8, 4) is 5.75 Å². The second kappa shape index (κ2) is 5.85. The van der Waals surface area contributed by atoms with Crippen molar-refractivity contribution in [2.75, 3.05) is 0 Å². The first-order chi connectivity index (χ1) is 10.6. The molecule has 2 aromatic rings. The van der Waals surface area contributed by atoms with Gasteiger partial charge >= 0.3 is 5.97 Å². The molecule has 1 heterocycles. The van der Waals surface area contributed by atoms with E-state index in [2.05, 4.69) is 17.5 Å². The number of carbonyl (C=O) groups is 1. The molecule has 1 aliphatic rings. The number of esters is 1. The minimum atomic E-state index is -0.333. The molecule has 4 nitrogen and oxygen atoms in total. The highest BCUT2D eigenvalue weighted by Crippen LogP contribution is 2.40. The molecule has 22 heavy (non-hydrogen) atoms. The summed E-state index contributed by atoms with van der Waals surface area (Å²) in [5.41, 5.74) is 5.37. The van der Waals surface area contributed by atoms with Gasteiger partial charge < -0.3 is 4.74 Å². The Kier molecular flexibility index (Phi) is 3.90. The highest BCUT2D eigenvalue weighted by Gasteiger charge is 2.34. The molecule has 0 amide bonds. The quantitative estimate of drug-likeness (QED) is 0.696. The normalized spacial score (nSPS) is 20.2. The fourth-order valence-corrected chi connectivity index (χ4v) is 3.31. The highest BCUT2D eigenvalue weighted by molar-refractivity contribution is 8.15. The van der Waals surface area contributed by atoms with Crippen LogP contribution in [0, 0.1) is 0 Å². The van der Waals surface area contributed by atoms with Gasteiger partial charge in [-0.1, -0.05) is 54.2 Å². The number of hydrogen-bond donors (Lipinski definition) is 1. The van der Waals surface area contributed by atoms with Gasteiger partial charge in [-0.3, -0.25) is 10.2 Å². The van der Waals surface area contributed by atoms with E-state index in [9.17, 15) is 4.79 Å². The molecule has 3 rings (SSSR count). The predicted molar refractivity (Wildman–Crippen MR) is 88.8 cm³/mol. The number of thioether (sulfide) groups is 1. The number of hydrazone groups is 1. The van der Waals surface area contributed by atoms with Crippen LogP contribution in [0.3, 0.4) is 0 Å². The average molecular weight is 312 g/mol. The molecule has 0 saturated heterocycles. The molecule has 0 saturated carbocycles. The second-order valence-corrected chi connectivity index (χ2v) is 6.56. The van der Waals surface area contributed by atoms with E-state index in [0.29, 0.717) is 5.75 Å². The van der Waals surface area contributed by atoms with Gasteiger partial charge in [0, 0.05) is 12.5 Å². The monoisotopic (exact) mass is 312 g/mol. The summed E-state index contributed by atoms with van der Waals surface area (Å²) in [7, 11) is 0. The molecule has 0 spiro atoms. The topological polar surface area (TPSA) is 50.7 Å². The first-order valence-corrected chi connectivity index (χ1v) is 7.77. The minimum Gasteiger partial charge on any atom is -0.427 e. The number of nitrogens with one attached hydrogen (secondary N) is 1. The van der Waals surface area contributed by atoms with Crippen molar-refractivity contribution < 1.29 is 9.53 Å². The molecule has 0 fully saturated rings. The van der Waals surface area contributed by atoms with Gasteiger partial charge in [-0.25, -0.2) is 0 Å². The molecule has 1 N–H and O–H groups in total. The van der Waals surface area contributed by atoms with E-state index in [1.54, 1.807) is 23.9 Å². The number of benzene rings is 2. The van der Waals surface area contributed by atoms with E-state index >= 15 is 0 Å². The Hall–Kier alpha value is -2.27. The molecule has 0 unspecified atom stereocenters. The zero-order valence-electron chi connectivity index (χ0n) is 12.4. The fraction of sp³-hybridized carbons (Fsp3) is 0.176. The maximum atomic E-state index is 11.0. The Morgan fingerprint density at radius 2 is 1.82 bits per heavy atom. The Balaban J connectivity index is 1.77. The Morgan fingerprint density at radius 3 is 2.45 bits per heavy atom. The summed E-state index contributed by atoms with van der Waals surface area (Å²) in [5, 5.41) is 5.42. The summed E-state index contributed by atoms with van der Waals surface area (Å²) in [6, 6.07) is 17.6. The molecular weight excluding hydrogens is 296 g/mol. The summed E-state index contributed by atoms with van der Waals surface area (Å²) in [6.07, 6.45) is 0. The van der Waals surface area contributed by atoms with Gasteiger partial charge in [0.25, 0.3) is 0 Å². The number of carbonyl (C=O) groups excluding carboxylic acids is 1. The van der Waals surface area contributed by atoms with Gasteiger partial charge in [-0.05, 0) is 24.6 Å². The third-order valence-corrected chi connectivity index (χ3v) is 4.61. The molecule has 5 heteroatoms. The highest BCUT2D eigenvalue weighted by atomic mass is 32.2. The van der Waals surface area contributed by atoms with Crippen LogP contribution in [0.2, 0.25) is 0 Å². The molecular formula is C17H16N2O2S. The SMILES string of the molecule is CC(=O)Oc1ccc([C@]2(C)NN=C(c3ccccc3)S2)cc1. The van der Waals surface area contributed by atoms with E-state index in [4.69, 9.17) is 4.74 Å². The van der Waals surface area contributed by atoms with E-state index in [1.165, 1.54) is 6.92 Å². The van der Waals surface area contributed by atoms with E-state index in [-0.39, 0.29) is 10.8 Å². The standard InChI is InChI=1S/C17H16N2O2S/c1-12(20)21-15-10-8-14(9-11-15)17(2)19-18-16(22-17)13-6-4-3-5-7-13/h3-11,19H,1-2H3/t17-/m1/s1. The summed E-state index contributed by atoms with van der Waals surface area (Å²) in [4.78, 5) is 10.6. The van der Waals surface area contributed by atoms with Gasteiger partial charge in [0.05, 0.1) is 0 Å². The summed E-state index contributed by atoms with van der Waals surface area (Å²) >= 11 is 1.67. The van der Waals surface area contributed by atoms with Crippen LogP contribution in [0.25, 0.3) is 0 Å². The number of rotatable bonds is 3. The van der Waals surface area contributed by atoms with Gasteiger partial charge in [0.2, 0.25) is 0 Å². The van der Waals surface area contributed by atoms with Crippen molar-refractivity contribution in [3.05, 3.63) is 65.7 Å². The number of ether oxygens (including phenoxy) is 1. The Morgan fingerprint density at radius 1 is 1.14 bits per heavy atom. The third kappa shape index (κ3) is 2.99. The molecule has 112 valence electrons. The summed E-state index contributed by atoms with van der Waals surface area (Å²) in [6.45, 7) is 3.47. The minimum absolute atomic E-state index is 0.318. The van der Waals surface area contributed by atoms with E-state index < -0.39 is 0 Å². The lowest BCUT2D eigenvalue weighted by atomic mass is 10.1. The molecule has 0 bridgehead atoms. The summed E-state index contributed by atoms with van der Waals surface area (Å²) < 4.78 is 5.06. The van der Waals surface area contributed by atoms with Gasteiger partial charge in [-0.15, -0.1) is 0 Å².